The van der Waals surface area contributed by atoms with Gasteiger partial charge in [-0.3, -0.25) is 4.79 Å². The number of nitrogens with two attached hydrogens (primary N) is 1. The van der Waals surface area contributed by atoms with Gasteiger partial charge < -0.3 is 11.1 Å². The zero-order valence-corrected chi connectivity index (χ0v) is 10.9. The lowest BCUT2D eigenvalue weighted by molar-refractivity contribution is 0.0995. The van der Waals surface area contributed by atoms with E-state index >= 15 is 0 Å². The molecular formula is C12H16N6O. The van der Waals surface area contributed by atoms with Crippen molar-refractivity contribution in [1.82, 2.24) is 19.7 Å². The van der Waals surface area contributed by atoms with E-state index in [1.165, 1.54) is 4.68 Å². The van der Waals surface area contributed by atoms with Gasteiger partial charge in [0.25, 0.3) is 5.91 Å². The lowest BCUT2D eigenvalue weighted by Crippen LogP contribution is -2.13. The standard InChI is InChI=1S/C12H16N6O/c1-3-9-15-10(14-4-2)7-11(16-9)18-6-5-8(17-18)12(13)19/h5-7H,3-4H2,1-2H3,(H2,13,19)(H,14,15,16). The quantitative estimate of drug-likeness (QED) is 0.826. The monoisotopic (exact) mass is 260 g/mol. The number of hydrogen-bond donors (Lipinski definition) is 2. The Morgan fingerprint density at radius 1 is 1.42 bits per heavy atom. The number of nitrogens with zero attached hydrogens (tertiary/aromatic N) is 4. The highest BCUT2D eigenvalue weighted by Gasteiger charge is 2.09. The molecule has 0 unspecified atom stereocenters. The predicted octanol–water partition coefficient (Wildman–Crippen LogP) is 0.755. The number of amides is 1. The largest absolute Gasteiger partial charge is 0.370 e. The van der Waals surface area contributed by atoms with Crippen LogP contribution >= 0.6 is 0 Å². The fraction of sp³-hybridized carbons (Fsp3) is 0.333. The van der Waals surface area contributed by atoms with Crippen LogP contribution in [0.5, 0.6) is 0 Å². The van der Waals surface area contributed by atoms with Crippen LogP contribution in [-0.2, 0) is 6.42 Å². The van der Waals surface area contributed by atoms with Gasteiger partial charge in [-0.05, 0) is 13.0 Å². The summed E-state index contributed by atoms with van der Waals surface area (Å²) in [5, 5.41) is 7.22. The third-order valence-electron chi connectivity index (χ3n) is 2.51. The summed E-state index contributed by atoms with van der Waals surface area (Å²) in [6.45, 7) is 4.74. The SMILES string of the molecule is CCNc1cc(-n2ccc(C(N)=O)n2)nc(CC)n1. The minimum absolute atomic E-state index is 0.210. The highest BCUT2D eigenvalue weighted by atomic mass is 16.1. The molecule has 0 spiro atoms. The number of aryl methyl sites for hydroxylation is 1. The number of hydrogen-bond acceptors (Lipinski definition) is 5. The van der Waals surface area contributed by atoms with Crippen molar-refractivity contribution in [2.45, 2.75) is 20.3 Å². The second kappa shape index (κ2) is 5.47. The van der Waals surface area contributed by atoms with Crippen molar-refractivity contribution in [3.05, 3.63) is 29.8 Å². The van der Waals surface area contributed by atoms with E-state index < -0.39 is 5.91 Å². The first kappa shape index (κ1) is 13.0. The van der Waals surface area contributed by atoms with E-state index in [0.717, 1.165) is 18.8 Å². The van der Waals surface area contributed by atoms with Gasteiger partial charge in [0.05, 0.1) is 0 Å². The number of nitrogens with one attached hydrogen (secondary N) is 1. The van der Waals surface area contributed by atoms with Gasteiger partial charge in [-0.2, -0.15) is 5.10 Å². The Bertz CT molecular complexity index is 592. The number of carbonyl (C=O) groups excluding carboxylic acids is 1. The number of anilines is 1. The van der Waals surface area contributed by atoms with Crippen LogP contribution in [0.25, 0.3) is 5.82 Å². The molecule has 2 aromatic heterocycles. The summed E-state index contributed by atoms with van der Waals surface area (Å²) in [7, 11) is 0. The van der Waals surface area contributed by atoms with Gasteiger partial charge in [0, 0.05) is 25.2 Å². The molecule has 0 aromatic carbocycles. The molecule has 0 atom stereocenters. The smallest absolute Gasteiger partial charge is 0.269 e. The van der Waals surface area contributed by atoms with E-state index in [0.29, 0.717) is 11.6 Å². The summed E-state index contributed by atoms with van der Waals surface area (Å²) < 4.78 is 1.52. The Hall–Kier alpha value is -2.44. The van der Waals surface area contributed by atoms with Crippen LogP contribution in [0.2, 0.25) is 0 Å². The predicted molar refractivity (Wildman–Crippen MR) is 71.2 cm³/mol. The molecule has 0 aliphatic rings. The van der Waals surface area contributed by atoms with Crippen LogP contribution in [0.3, 0.4) is 0 Å². The summed E-state index contributed by atoms with van der Waals surface area (Å²) in [4.78, 5) is 19.8. The molecule has 0 radical (unpaired) electrons. The fourth-order valence-corrected chi connectivity index (χ4v) is 1.61. The van der Waals surface area contributed by atoms with Crippen molar-refractivity contribution in [1.29, 1.82) is 0 Å². The van der Waals surface area contributed by atoms with E-state index in [9.17, 15) is 4.79 Å². The Labute approximate surface area is 110 Å². The lowest BCUT2D eigenvalue weighted by Gasteiger charge is -2.07. The summed E-state index contributed by atoms with van der Waals surface area (Å²) >= 11 is 0. The van der Waals surface area contributed by atoms with Gasteiger partial charge in [-0.25, -0.2) is 14.6 Å². The second-order valence-corrected chi connectivity index (χ2v) is 3.92. The molecule has 2 heterocycles. The maximum absolute atomic E-state index is 11.0. The van der Waals surface area contributed by atoms with Gasteiger partial charge in [-0.1, -0.05) is 6.92 Å². The average Bonchev–Trinajstić information content (AvgIpc) is 2.88. The van der Waals surface area contributed by atoms with Gasteiger partial charge >= 0.3 is 0 Å². The van der Waals surface area contributed by atoms with Crippen LogP contribution in [0.15, 0.2) is 18.3 Å². The zero-order chi connectivity index (χ0) is 13.8. The van der Waals surface area contributed by atoms with Crippen LogP contribution in [-0.4, -0.2) is 32.2 Å². The van der Waals surface area contributed by atoms with Crippen LogP contribution in [0.1, 0.15) is 30.2 Å². The minimum Gasteiger partial charge on any atom is -0.370 e. The Balaban J connectivity index is 2.41. The number of rotatable bonds is 5. The molecule has 100 valence electrons. The third kappa shape index (κ3) is 2.87. The molecule has 0 fully saturated rings. The molecule has 2 aromatic rings. The molecule has 7 nitrogen and oxygen atoms in total. The molecule has 0 aliphatic carbocycles. The number of primary amides is 1. The van der Waals surface area contributed by atoms with Crippen molar-refractivity contribution in [2.24, 2.45) is 5.73 Å². The molecule has 19 heavy (non-hydrogen) atoms. The van der Waals surface area contributed by atoms with Crippen molar-refractivity contribution >= 4 is 11.7 Å². The third-order valence-corrected chi connectivity index (χ3v) is 2.51. The normalized spacial score (nSPS) is 10.4. The molecule has 3 N–H and O–H groups in total. The molecule has 0 saturated heterocycles. The Morgan fingerprint density at radius 3 is 2.79 bits per heavy atom. The molecule has 0 bridgehead atoms. The van der Waals surface area contributed by atoms with E-state index in [1.54, 1.807) is 18.3 Å². The summed E-state index contributed by atoms with van der Waals surface area (Å²) in [6.07, 6.45) is 2.37. The summed E-state index contributed by atoms with van der Waals surface area (Å²) in [5.41, 5.74) is 5.39. The van der Waals surface area contributed by atoms with Crippen LogP contribution < -0.4 is 11.1 Å². The van der Waals surface area contributed by atoms with E-state index in [4.69, 9.17) is 5.73 Å². The van der Waals surface area contributed by atoms with Crippen molar-refractivity contribution in [3.8, 4) is 5.82 Å². The minimum atomic E-state index is -0.560. The highest BCUT2D eigenvalue weighted by molar-refractivity contribution is 5.90. The molecule has 0 aliphatic heterocycles. The van der Waals surface area contributed by atoms with Crippen molar-refractivity contribution < 1.29 is 4.79 Å². The van der Waals surface area contributed by atoms with Crippen molar-refractivity contribution in [2.75, 3.05) is 11.9 Å². The lowest BCUT2D eigenvalue weighted by atomic mass is 10.4. The van der Waals surface area contributed by atoms with E-state index in [2.05, 4.69) is 20.4 Å². The van der Waals surface area contributed by atoms with Gasteiger partial charge in [0.15, 0.2) is 5.82 Å². The Morgan fingerprint density at radius 2 is 2.21 bits per heavy atom. The summed E-state index contributed by atoms with van der Waals surface area (Å²) in [6, 6.07) is 3.34. The summed E-state index contributed by atoms with van der Waals surface area (Å²) in [5.74, 6) is 1.50. The van der Waals surface area contributed by atoms with E-state index in [1.807, 2.05) is 13.8 Å². The van der Waals surface area contributed by atoms with Crippen LogP contribution in [0.4, 0.5) is 5.82 Å². The number of aromatic nitrogens is 4. The molecule has 2 rings (SSSR count). The molecular weight excluding hydrogens is 244 g/mol. The highest BCUT2D eigenvalue weighted by Crippen LogP contribution is 2.11. The first-order valence-corrected chi connectivity index (χ1v) is 6.11. The van der Waals surface area contributed by atoms with Gasteiger partial charge in [0.2, 0.25) is 0 Å². The zero-order valence-electron chi connectivity index (χ0n) is 10.9. The molecule has 1 amide bonds. The van der Waals surface area contributed by atoms with Crippen molar-refractivity contribution in [3.63, 3.8) is 0 Å². The Kier molecular flexibility index (Phi) is 3.74. The fourth-order valence-electron chi connectivity index (χ4n) is 1.61. The first-order valence-electron chi connectivity index (χ1n) is 6.11. The number of carbonyl (C=O) groups is 1. The van der Waals surface area contributed by atoms with Gasteiger partial charge in [-0.15, -0.1) is 0 Å². The topological polar surface area (TPSA) is 98.7 Å². The first-order chi connectivity index (χ1) is 9.13. The van der Waals surface area contributed by atoms with Gasteiger partial charge in [0.1, 0.15) is 17.3 Å². The maximum atomic E-state index is 11.0. The molecule has 0 saturated carbocycles. The molecule has 7 heteroatoms. The average molecular weight is 260 g/mol. The maximum Gasteiger partial charge on any atom is 0.269 e. The van der Waals surface area contributed by atoms with Crippen LogP contribution in [0, 0.1) is 0 Å². The second-order valence-electron chi connectivity index (χ2n) is 3.92. The van der Waals surface area contributed by atoms with E-state index in [-0.39, 0.29) is 5.69 Å².